The van der Waals surface area contributed by atoms with Crippen molar-refractivity contribution in [3.63, 3.8) is 0 Å². The maximum absolute atomic E-state index is 11.1. The van der Waals surface area contributed by atoms with Gasteiger partial charge >= 0.3 is 0 Å². The highest BCUT2D eigenvalue weighted by Crippen LogP contribution is 2.56. The minimum absolute atomic E-state index is 0.299. The molecule has 4 bridgehead atoms. The van der Waals surface area contributed by atoms with Gasteiger partial charge in [0.25, 0.3) is 0 Å². The van der Waals surface area contributed by atoms with E-state index >= 15 is 0 Å². The van der Waals surface area contributed by atoms with Gasteiger partial charge in [-0.25, -0.2) is 9.51 Å². The third-order valence-electron chi connectivity index (χ3n) is 8.51. The zero-order valence-corrected chi connectivity index (χ0v) is 20.4. The normalized spacial score (nSPS) is 29.2. The second-order valence-corrected chi connectivity index (χ2v) is 11.1. The number of aliphatic hydroxyl groups is 1. The van der Waals surface area contributed by atoms with Crippen molar-refractivity contribution in [1.29, 1.82) is 0 Å². The lowest BCUT2D eigenvalue weighted by Crippen LogP contribution is -2.59. The minimum Gasteiger partial charge on any atom is -0.390 e. The molecule has 184 valence electrons. The number of hydrogen-bond acceptors (Lipinski definition) is 5. The smallest absolute Gasteiger partial charge is 0.135 e. The number of nitrogens with one attached hydrogen (secondary N) is 1. The molecule has 4 N–H and O–H groups in total. The van der Waals surface area contributed by atoms with Gasteiger partial charge in [-0.2, -0.15) is 10.2 Å². The molecular formula is C28H31N7O. The molecule has 4 fully saturated rings. The largest absolute Gasteiger partial charge is 0.390 e. The second-order valence-electron chi connectivity index (χ2n) is 11.1. The Hall–Kier alpha value is -3.65. The Balaban J connectivity index is 1.33. The van der Waals surface area contributed by atoms with E-state index in [9.17, 15) is 5.11 Å². The Morgan fingerprint density at radius 1 is 1.06 bits per heavy atom. The summed E-state index contributed by atoms with van der Waals surface area (Å²) in [6, 6.07) is 12.2. The molecule has 8 rings (SSSR count). The van der Waals surface area contributed by atoms with Crippen LogP contribution in [0.1, 0.15) is 37.7 Å². The molecule has 3 heterocycles. The average Bonchev–Trinajstić information content (AvgIpc) is 3.47. The van der Waals surface area contributed by atoms with E-state index in [4.69, 9.17) is 15.8 Å². The van der Waals surface area contributed by atoms with Crippen LogP contribution in [-0.4, -0.2) is 42.0 Å². The van der Waals surface area contributed by atoms with Crippen molar-refractivity contribution in [2.24, 2.45) is 35.5 Å². The van der Waals surface area contributed by atoms with E-state index in [1.807, 2.05) is 66.7 Å². The first kappa shape index (κ1) is 21.6. The van der Waals surface area contributed by atoms with E-state index in [-0.39, 0.29) is 0 Å². The van der Waals surface area contributed by atoms with E-state index in [1.165, 1.54) is 12.8 Å². The summed E-state index contributed by atoms with van der Waals surface area (Å²) < 4.78 is 3.72. The highest BCUT2D eigenvalue weighted by Gasteiger charge is 2.54. The molecule has 8 nitrogen and oxygen atoms in total. The summed E-state index contributed by atoms with van der Waals surface area (Å²) in [4.78, 5) is 4.71. The van der Waals surface area contributed by atoms with Gasteiger partial charge in [0.15, 0.2) is 0 Å². The predicted molar refractivity (Wildman–Crippen MR) is 140 cm³/mol. The lowest BCUT2D eigenvalue weighted by Gasteiger charge is -2.58. The summed E-state index contributed by atoms with van der Waals surface area (Å²) >= 11 is 0. The van der Waals surface area contributed by atoms with Crippen LogP contribution in [0, 0.1) is 17.8 Å². The minimum atomic E-state index is -0.471. The number of benzene rings is 1. The number of amidine groups is 1. The first-order chi connectivity index (χ1) is 17.4. The van der Waals surface area contributed by atoms with Gasteiger partial charge in [0, 0.05) is 36.6 Å². The topological polar surface area (TPSA) is 106 Å². The zero-order chi connectivity index (χ0) is 24.4. The van der Waals surface area contributed by atoms with Gasteiger partial charge in [-0.15, -0.1) is 0 Å². The highest BCUT2D eigenvalue weighted by molar-refractivity contribution is 6.06. The first-order valence-corrected chi connectivity index (χ1v) is 12.8. The molecule has 4 saturated carbocycles. The molecule has 2 atom stereocenters. The Bertz CT molecular complexity index is 1450. The number of aromatic nitrogens is 4. The van der Waals surface area contributed by atoms with Crippen molar-refractivity contribution in [2.75, 3.05) is 5.32 Å². The first-order valence-electron chi connectivity index (χ1n) is 12.8. The summed E-state index contributed by atoms with van der Waals surface area (Å²) in [6.07, 6.45) is 12.8. The van der Waals surface area contributed by atoms with E-state index in [0.29, 0.717) is 29.6 Å². The van der Waals surface area contributed by atoms with Gasteiger partial charge in [0.05, 0.1) is 40.4 Å². The van der Waals surface area contributed by atoms with Gasteiger partial charge in [0.2, 0.25) is 0 Å². The number of para-hydroxylation sites is 1. The van der Waals surface area contributed by atoms with Crippen LogP contribution < -0.4 is 11.1 Å². The zero-order valence-electron chi connectivity index (χ0n) is 20.4. The number of anilines is 1. The summed E-state index contributed by atoms with van der Waals surface area (Å²) in [7, 11) is 1.92. The lowest BCUT2D eigenvalue weighted by molar-refractivity contribution is -0.129. The summed E-state index contributed by atoms with van der Waals surface area (Å²) in [6.45, 7) is 0. The van der Waals surface area contributed by atoms with Crippen molar-refractivity contribution in [3.05, 3.63) is 66.7 Å². The van der Waals surface area contributed by atoms with Crippen LogP contribution in [0.5, 0.6) is 0 Å². The fourth-order valence-corrected chi connectivity index (χ4v) is 7.22. The van der Waals surface area contributed by atoms with Crippen LogP contribution in [0.2, 0.25) is 0 Å². The molecule has 36 heavy (non-hydrogen) atoms. The monoisotopic (exact) mass is 481 g/mol. The average molecular weight is 482 g/mol. The number of aliphatic imine (C=N–C) groups is 1. The Morgan fingerprint density at radius 2 is 1.83 bits per heavy atom. The van der Waals surface area contributed by atoms with Crippen LogP contribution >= 0.6 is 0 Å². The van der Waals surface area contributed by atoms with E-state index in [0.717, 1.165) is 52.8 Å². The van der Waals surface area contributed by atoms with Crippen LogP contribution in [-0.2, 0) is 7.05 Å². The van der Waals surface area contributed by atoms with E-state index < -0.39 is 5.60 Å². The maximum Gasteiger partial charge on any atom is 0.135 e. The second kappa shape index (κ2) is 7.93. The van der Waals surface area contributed by atoms with Gasteiger partial charge in [0.1, 0.15) is 5.84 Å². The van der Waals surface area contributed by atoms with Crippen molar-refractivity contribution in [1.82, 2.24) is 19.4 Å². The molecule has 1 aromatic carbocycles. The van der Waals surface area contributed by atoms with E-state index in [2.05, 4.69) is 16.5 Å². The van der Waals surface area contributed by atoms with Crippen molar-refractivity contribution in [3.8, 4) is 11.1 Å². The molecule has 3 aromatic heterocycles. The molecule has 0 radical (unpaired) electrons. The lowest BCUT2D eigenvalue weighted by atomic mass is 9.52. The van der Waals surface area contributed by atoms with Crippen LogP contribution in [0.4, 0.5) is 11.4 Å². The molecule has 8 heteroatoms. The molecule has 0 spiro atoms. The summed E-state index contributed by atoms with van der Waals surface area (Å²) in [5.41, 5.74) is 11.8. The molecule has 0 amide bonds. The predicted octanol–water partition coefficient (Wildman–Crippen LogP) is 4.12. The highest BCUT2D eigenvalue weighted by atomic mass is 16.3. The summed E-state index contributed by atoms with van der Waals surface area (Å²) in [5.74, 6) is 2.01. The number of fused-ring (bicyclic) bond motifs is 1. The number of rotatable bonds is 5. The van der Waals surface area contributed by atoms with E-state index in [1.54, 1.807) is 4.68 Å². The van der Waals surface area contributed by atoms with Crippen molar-refractivity contribution in [2.45, 2.75) is 43.7 Å². The fourth-order valence-electron chi connectivity index (χ4n) is 7.22. The Kier molecular flexibility index (Phi) is 4.76. The quantitative estimate of drug-likeness (QED) is 0.294. The fraction of sp³-hybridized carbons (Fsp3) is 0.393. The van der Waals surface area contributed by atoms with Crippen molar-refractivity contribution < 1.29 is 5.11 Å². The molecule has 2 unspecified atom stereocenters. The number of nitrogens with zero attached hydrogens (tertiary/aromatic N) is 5. The Labute approximate surface area is 209 Å². The molecular weight excluding hydrogens is 450 g/mol. The van der Waals surface area contributed by atoms with Crippen LogP contribution in [0.25, 0.3) is 16.6 Å². The summed E-state index contributed by atoms with van der Waals surface area (Å²) in [5, 5.41) is 24.1. The van der Waals surface area contributed by atoms with Gasteiger partial charge in [-0.05, 0) is 68.1 Å². The van der Waals surface area contributed by atoms with Crippen molar-refractivity contribution >= 4 is 22.7 Å². The number of nitrogens with two attached hydrogens (primary N) is 1. The van der Waals surface area contributed by atoms with Gasteiger partial charge in [-0.3, -0.25) is 4.68 Å². The Morgan fingerprint density at radius 3 is 2.53 bits per heavy atom. The van der Waals surface area contributed by atoms with Gasteiger partial charge in [-0.1, -0.05) is 18.2 Å². The molecule has 0 aliphatic heterocycles. The maximum atomic E-state index is 11.1. The number of aryl methyl sites for hydroxylation is 1. The molecule has 4 aliphatic rings. The molecule has 4 aromatic rings. The third kappa shape index (κ3) is 3.59. The molecule has 4 aliphatic carbocycles. The third-order valence-corrected chi connectivity index (χ3v) is 8.51. The number of hydrogen-bond donors (Lipinski definition) is 3. The van der Waals surface area contributed by atoms with Gasteiger partial charge < -0.3 is 16.2 Å². The van der Waals surface area contributed by atoms with Crippen LogP contribution in [0.3, 0.4) is 0 Å². The SMILES string of the molecule is Cn1cc(-c2cc3c(NC4C5CC6CC4CC(O)(C6)C5)c(C(N)=Nc4ccccc4)cnn3c2)cn1. The standard InChI is InChI=1S/C28H31N7O/c1-34-15-21(13-30-34)20-9-24-26(33-25-18-7-17-8-19(25)12-28(36,10-17)11-18)23(14-31-35(24)16-20)27(29)32-22-5-3-2-4-6-22/h2-6,9,13-19,25,33,36H,7-8,10-12H2,1H3,(H2,29,32). The molecule has 0 saturated heterocycles. The van der Waals surface area contributed by atoms with Crippen LogP contribution in [0.15, 0.2) is 66.2 Å².